The van der Waals surface area contributed by atoms with E-state index < -0.39 is 0 Å². The quantitative estimate of drug-likeness (QED) is 0.770. The Morgan fingerprint density at radius 2 is 1.74 bits per heavy atom. The van der Waals surface area contributed by atoms with Crippen LogP contribution in [0.25, 0.3) is 0 Å². The average molecular weight is 269 g/mol. The molecule has 0 saturated heterocycles. The molecule has 1 aliphatic carbocycles. The van der Waals surface area contributed by atoms with Crippen molar-refractivity contribution in [1.82, 2.24) is 9.80 Å². The van der Waals surface area contributed by atoms with Crippen LogP contribution in [0.1, 0.15) is 47.0 Å². The third kappa shape index (κ3) is 4.73. The van der Waals surface area contributed by atoms with Crippen LogP contribution in [0, 0.1) is 11.3 Å². The second-order valence-electron chi connectivity index (χ2n) is 7.91. The van der Waals surface area contributed by atoms with E-state index in [2.05, 4.69) is 51.6 Å². The molecule has 1 aliphatic rings. The minimum atomic E-state index is 0.240. The molecule has 1 unspecified atom stereocenters. The highest BCUT2D eigenvalue weighted by Gasteiger charge is 2.45. The first-order chi connectivity index (χ1) is 8.71. The first-order valence-corrected chi connectivity index (χ1v) is 7.81. The lowest BCUT2D eigenvalue weighted by Gasteiger charge is -2.43. The molecule has 1 atom stereocenters. The summed E-state index contributed by atoms with van der Waals surface area (Å²) in [7, 11) is 4.31. The van der Waals surface area contributed by atoms with E-state index in [0.717, 1.165) is 19.6 Å². The zero-order valence-corrected chi connectivity index (χ0v) is 14.0. The van der Waals surface area contributed by atoms with Crippen LogP contribution in [0.4, 0.5) is 0 Å². The number of nitrogens with two attached hydrogens (primary N) is 1. The summed E-state index contributed by atoms with van der Waals surface area (Å²) in [5.74, 6) is 0.703. The van der Waals surface area contributed by atoms with Gasteiger partial charge in [-0.1, -0.05) is 27.7 Å². The summed E-state index contributed by atoms with van der Waals surface area (Å²) in [6, 6.07) is 0. The van der Waals surface area contributed by atoms with Gasteiger partial charge in [0.2, 0.25) is 0 Å². The molecule has 0 amide bonds. The minimum Gasteiger partial charge on any atom is -0.329 e. The van der Waals surface area contributed by atoms with Crippen LogP contribution in [-0.4, -0.2) is 55.6 Å². The molecular formula is C16H35N3. The number of likely N-dealkylation sites (N-methyl/N-ethyl adjacent to an activating group) is 1. The lowest BCUT2D eigenvalue weighted by Crippen LogP contribution is -2.55. The van der Waals surface area contributed by atoms with E-state index in [1.54, 1.807) is 0 Å². The predicted octanol–water partition coefficient (Wildman–Crippen LogP) is 2.41. The van der Waals surface area contributed by atoms with Gasteiger partial charge in [0.1, 0.15) is 0 Å². The smallest absolute Gasteiger partial charge is 0.0337 e. The van der Waals surface area contributed by atoms with Crippen molar-refractivity contribution < 1.29 is 0 Å². The number of nitrogens with zero attached hydrogens (tertiary/aromatic N) is 2. The van der Waals surface area contributed by atoms with Gasteiger partial charge in [-0.05, 0) is 44.7 Å². The van der Waals surface area contributed by atoms with E-state index in [1.807, 2.05) is 0 Å². The summed E-state index contributed by atoms with van der Waals surface area (Å²) in [5, 5.41) is 0. The molecule has 0 spiro atoms. The molecule has 3 heteroatoms. The van der Waals surface area contributed by atoms with Gasteiger partial charge in [0.05, 0.1) is 0 Å². The van der Waals surface area contributed by atoms with Crippen LogP contribution in [0.2, 0.25) is 0 Å². The fraction of sp³-hybridized carbons (Fsp3) is 1.00. The Balaban J connectivity index is 2.81. The Hall–Kier alpha value is -0.120. The van der Waals surface area contributed by atoms with Gasteiger partial charge in [-0.25, -0.2) is 0 Å². The molecule has 114 valence electrons. The van der Waals surface area contributed by atoms with Crippen molar-refractivity contribution >= 4 is 0 Å². The van der Waals surface area contributed by atoms with Crippen molar-refractivity contribution in [2.45, 2.75) is 52.5 Å². The maximum absolute atomic E-state index is 6.22. The van der Waals surface area contributed by atoms with Crippen molar-refractivity contribution in [2.75, 3.05) is 40.3 Å². The maximum atomic E-state index is 6.22. The lowest BCUT2D eigenvalue weighted by molar-refractivity contribution is 0.0690. The van der Waals surface area contributed by atoms with Gasteiger partial charge in [-0.15, -0.1) is 0 Å². The maximum Gasteiger partial charge on any atom is 0.0337 e. The van der Waals surface area contributed by atoms with Crippen molar-refractivity contribution in [1.29, 1.82) is 0 Å². The van der Waals surface area contributed by atoms with E-state index in [-0.39, 0.29) is 5.54 Å². The molecule has 3 nitrogen and oxygen atoms in total. The van der Waals surface area contributed by atoms with Gasteiger partial charge in [0.25, 0.3) is 0 Å². The molecule has 0 aliphatic heterocycles. The van der Waals surface area contributed by atoms with Crippen molar-refractivity contribution in [3.05, 3.63) is 0 Å². The Kier molecular flexibility index (Phi) is 5.84. The summed E-state index contributed by atoms with van der Waals surface area (Å²) in [5.41, 5.74) is 6.91. The first-order valence-electron chi connectivity index (χ1n) is 7.81. The predicted molar refractivity (Wildman–Crippen MR) is 84.4 cm³/mol. The number of hydrogen-bond acceptors (Lipinski definition) is 3. The van der Waals surface area contributed by atoms with E-state index >= 15 is 0 Å². The Morgan fingerprint density at radius 3 is 2.11 bits per heavy atom. The van der Waals surface area contributed by atoms with Crippen LogP contribution in [0.3, 0.4) is 0 Å². The summed E-state index contributed by atoms with van der Waals surface area (Å²) in [4.78, 5) is 4.96. The molecule has 0 radical (unpaired) electrons. The van der Waals surface area contributed by atoms with Crippen molar-refractivity contribution in [2.24, 2.45) is 17.1 Å². The molecule has 0 aromatic heterocycles. The van der Waals surface area contributed by atoms with E-state index in [0.29, 0.717) is 11.3 Å². The zero-order chi connectivity index (χ0) is 14.7. The highest BCUT2D eigenvalue weighted by Crippen LogP contribution is 2.46. The highest BCUT2D eigenvalue weighted by atomic mass is 15.2. The molecule has 1 rings (SSSR count). The van der Waals surface area contributed by atoms with Gasteiger partial charge in [-0.2, -0.15) is 0 Å². The van der Waals surface area contributed by atoms with Crippen LogP contribution in [0.5, 0.6) is 0 Å². The molecule has 0 bridgehead atoms. The van der Waals surface area contributed by atoms with Gasteiger partial charge in [0, 0.05) is 31.7 Å². The van der Waals surface area contributed by atoms with Gasteiger partial charge in [-0.3, -0.25) is 4.90 Å². The molecule has 19 heavy (non-hydrogen) atoms. The molecule has 2 N–H and O–H groups in total. The zero-order valence-electron chi connectivity index (χ0n) is 14.0. The minimum absolute atomic E-state index is 0.240. The monoisotopic (exact) mass is 269 g/mol. The molecule has 0 aromatic rings. The van der Waals surface area contributed by atoms with E-state index in [9.17, 15) is 0 Å². The average Bonchev–Trinajstić information content (AvgIpc) is 2.61. The standard InChI is InChI=1S/C16H35N3/c1-14(2)11-19(10-9-18(5)6)16(13-17)8-7-15(3,4)12-16/h14H,7-13,17H2,1-6H3. The number of hydrogen-bond donors (Lipinski definition) is 1. The molecule has 1 fully saturated rings. The molecule has 0 aromatic carbocycles. The Morgan fingerprint density at radius 1 is 1.11 bits per heavy atom. The molecule has 1 saturated carbocycles. The lowest BCUT2D eigenvalue weighted by atomic mass is 9.86. The van der Waals surface area contributed by atoms with Gasteiger partial charge >= 0.3 is 0 Å². The summed E-state index contributed by atoms with van der Waals surface area (Å²) < 4.78 is 0. The normalized spacial score (nSPS) is 26.8. The number of rotatable bonds is 7. The van der Waals surface area contributed by atoms with Crippen molar-refractivity contribution in [3.8, 4) is 0 Å². The van der Waals surface area contributed by atoms with Gasteiger partial charge in [0.15, 0.2) is 0 Å². The topological polar surface area (TPSA) is 32.5 Å². The second-order valence-corrected chi connectivity index (χ2v) is 7.91. The highest BCUT2D eigenvalue weighted by molar-refractivity contribution is 5.02. The third-order valence-corrected chi connectivity index (χ3v) is 4.53. The van der Waals surface area contributed by atoms with Crippen LogP contribution in [-0.2, 0) is 0 Å². The molecule has 0 heterocycles. The van der Waals surface area contributed by atoms with Crippen molar-refractivity contribution in [3.63, 3.8) is 0 Å². The van der Waals surface area contributed by atoms with E-state index in [4.69, 9.17) is 5.73 Å². The third-order valence-electron chi connectivity index (χ3n) is 4.53. The summed E-state index contributed by atoms with van der Waals surface area (Å²) in [6.45, 7) is 13.6. The fourth-order valence-electron chi connectivity index (χ4n) is 3.50. The van der Waals surface area contributed by atoms with Crippen LogP contribution < -0.4 is 5.73 Å². The Labute approximate surface area is 120 Å². The van der Waals surface area contributed by atoms with E-state index in [1.165, 1.54) is 25.8 Å². The van der Waals surface area contributed by atoms with Gasteiger partial charge < -0.3 is 10.6 Å². The SMILES string of the molecule is CC(C)CN(CCN(C)C)C1(CN)CCC(C)(C)C1. The van der Waals surface area contributed by atoms with Crippen LogP contribution >= 0.6 is 0 Å². The summed E-state index contributed by atoms with van der Waals surface area (Å²) >= 11 is 0. The Bertz CT molecular complexity index is 273. The first kappa shape index (κ1) is 16.9. The summed E-state index contributed by atoms with van der Waals surface area (Å²) in [6.07, 6.45) is 3.81. The van der Waals surface area contributed by atoms with Crippen LogP contribution in [0.15, 0.2) is 0 Å². The fourth-order valence-corrected chi connectivity index (χ4v) is 3.50. The second kappa shape index (κ2) is 6.55. The largest absolute Gasteiger partial charge is 0.329 e. The molecular weight excluding hydrogens is 234 g/mol.